The van der Waals surface area contributed by atoms with Gasteiger partial charge >= 0.3 is 6.18 Å². The Morgan fingerprint density at radius 1 is 1.23 bits per heavy atom. The molecule has 0 spiro atoms. The lowest BCUT2D eigenvalue weighted by atomic mass is 10.2. The second kappa shape index (κ2) is 10.0. The third kappa shape index (κ3) is 7.02. The van der Waals surface area contributed by atoms with Crippen LogP contribution in [0.5, 0.6) is 0 Å². The monoisotopic (exact) mass is 427 g/mol. The number of aryl methyl sites for hydroxylation is 1. The van der Waals surface area contributed by atoms with E-state index >= 15 is 0 Å². The zero-order valence-electron chi connectivity index (χ0n) is 16.4. The van der Waals surface area contributed by atoms with E-state index in [1.165, 1.54) is 13.0 Å². The first kappa shape index (κ1) is 23.1. The van der Waals surface area contributed by atoms with Gasteiger partial charge in [0, 0.05) is 31.1 Å². The SMILES string of the molecule is CC(=O)Nc1cc(C(=O)NCCCOC2=C(F)CC=C(C(F)(F)F)C=C2)cc(C)n1. The van der Waals surface area contributed by atoms with E-state index < -0.39 is 29.9 Å². The lowest BCUT2D eigenvalue weighted by molar-refractivity contribution is -0.114. The summed E-state index contributed by atoms with van der Waals surface area (Å²) < 4.78 is 57.2. The van der Waals surface area contributed by atoms with Gasteiger partial charge in [-0.05, 0) is 37.6 Å². The van der Waals surface area contributed by atoms with Gasteiger partial charge in [-0.15, -0.1) is 0 Å². The molecule has 162 valence electrons. The molecule has 1 aromatic rings. The zero-order chi connectivity index (χ0) is 22.3. The van der Waals surface area contributed by atoms with Crippen LogP contribution in [0.2, 0.25) is 0 Å². The molecule has 0 aliphatic heterocycles. The number of allylic oxidation sites excluding steroid dienone is 5. The largest absolute Gasteiger partial charge is 0.491 e. The molecule has 2 N–H and O–H groups in total. The number of rotatable bonds is 7. The van der Waals surface area contributed by atoms with Crippen molar-refractivity contribution in [3.63, 3.8) is 0 Å². The Hall–Kier alpha value is -3.17. The molecule has 0 bridgehead atoms. The average molecular weight is 427 g/mol. The van der Waals surface area contributed by atoms with Gasteiger partial charge in [0.25, 0.3) is 5.91 Å². The number of aromatic nitrogens is 1. The van der Waals surface area contributed by atoms with Crippen LogP contribution in [0.3, 0.4) is 0 Å². The fourth-order valence-electron chi connectivity index (χ4n) is 2.56. The third-order valence-electron chi connectivity index (χ3n) is 3.89. The fourth-order valence-corrected chi connectivity index (χ4v) is 2.56. The third-order valence-corrected chi connectivity index (χ3v) is 3.89. The van der Waals surface area contributed by atoms with Crippen LogP contribution >= 0.6 is 0 Å². The number of anilines is 1. The summed E-state index contributed by atoms with van der Waals surface area (Å²) in [7, 11) is 0. The maximum absolute atomic E-state index is 13.9. The van der Waals surface area contributed by atoms with Crippen molar-refractivity contribution in [1.82, 2.24) is 10.3 Å². The van der Waals surface area contributed by atoms with E-state index in [9.17, 15) is 27.2 Å². The molecule has 1 aliphatic carbocycles. The van der Waals surface area contributed by atoms with Gasteiger partial charge in [0.2, 0.25) is 5.91 Å². The second-order valence-electron chi connectivity index (χ2n) is 6.49. The van der Waals surface area contributed by atoms with E-state index in [0.717, 1.165) is 18.2 Å². The van der Waals surface area contributed by atoms with Gasteiger partial charge in [0.1, 0.15) is 11.6 Å². The van der Waals surface area contributed by atoms with Gasteiger partial charge in [0.05, 0.1) is 12.2 Å². The van der Waals surface area contributed by atoms with Crippen molar-refractivity contribution in [2.75, 3.05) is 18.5 Å². The first-order valence-corrected chi connectivity index (χ1v) is 9.07. The number of hydrogen-bond acceptors (Lipinski definition) is 4. The molecule has 6 nitrogen and oxygen atoms in total. The van der Waals surface area contributed by atoms with Gasteiger partial charge < -0.3 is 15.4 Å². The normalized spacial score (nSPS) is 14.1. The van der Waals surface area contributed by atoms with Crippen LogP contribution < -0.4 is 10.6 Å². The Labute approximate surface area is 170 Å². The summed E-state index contributed by atoms with van der Waals surface area (Å²) >= 11 is 0. The van der Waals surface area contributed by atoms with Crippen LogP contribution in [-0.4, -0.2) is 36.1 Å². The highest BCUT2D eigenvalue weighted by molar-refractivity contribution is 5.96. The second-order valence-corrected chi connectivity index (χ2v) is 6.49. The molecule has 1 heterocycles. The van der Waals surface area contributed by atoms with E-state index in [4.69, 9.17) is 4.74 Å². The molecule has 1 aromatic heterocycles. The van der Waals surface area contributed by atoms with Crippen LogP contribution in [0, 0.1) is 6.92 Å². The number of halogens is 4. The average Bonchev–Trinajstić information content (AvgIpc) is 2.82. The molecule has 0 saturated carbocycles. The highest BCUT2D eigenvalue weighted by Gasteiger charge is 2.32. The summed E-state index contributed by atoms with van der Waals surface area (Å²) in [6, 6.07) is 2.99. The van der Waals surface area contributed by atoms with Crippen LogP contribution in [0.25, 0.3) is 0 Å². The van der Waals surface area contributed by atoms with E-state index in [0.29, 0.717) is 17.7 Å². The number of amides is 2. The number of carbonyl (C=O) groups is 2. The summed E-state index contributed by atoms with van der Waals surface area (Å²) in [5.41, 5.74) is -0.0858. The summed E-state index contributed by atoms with van der Waals surface area (Å²) in [6.45, 7) is 3.20. The van der Waals surface area contributed by atoms with Crippen molar-refractivity contribution < 1.29 is 31.9 Å². The molecule has 0 aromatic carbocycles. The van der Waals surface area contributed by atoms with Gasteiger partial charge in [-0.2, -0.15) is 13.2 Å². The minimum atomic E-state index is -4.55. The standard InChI is InChI=1S/C20H21F4N3O3/c1-12-10-14(11-18(26-12)27-13(2)28)19(29)25-8-3-9-30-17-7-5-15(20(22,23)24)4-6-16(17)21/h4-5,7,10-11H,3,6,8-9H2,1-2H3,(H,25,29)(H,26,27,28). The van der Waals surface area contributed by atoms with Crippen molar-refractivity contribution in [1.29, 1.82) is 0 Å². The minimum Gasteiger partial charge on any atom is -0.491 e. The Kier molecular flexibility index (Phi) is 7.73. The molecule has 0 radical (unpaired) electrons. The highest BCUT2D eigenvalue weighted by Crippen LogP contribution is 2.30. The summed E-state index contributed by atoms with van der Waals surface area (Å²) in [4.78, 5) is 27.5. The molecule has 30 heavy (non-hydrogen) atoms. The predicted octanol–water partition coefficient (Wildman–Crippen LogP) is 4.11. The minimum absolute atomic E-state index is 0.00123. The molecule has 0 fully saturated rings. The molecular weight excluding hydrogens is 406 g/mol. The molecule has 0 atom stereocenters. The number of pyridine rings is 1. The molecule has 0 saturated heterocycles. The molecule has 0 unspecified atom stereocenters. The molecule has 2 rings (SSSR count). The topological polar surface area (TPSA) is 80.3 Å². The van der Waals surface area contributed by atoms with E-state index in [-0.39, 0.29) is 30.6 Å². The Bertz CT molecular complexity index is 905. The molecule has 10 heteroatoms. The Morgan fingerprint density at radius 3 is 2.63 bits per heavy atom. The van der Waals surface area contributed by atoms with Crippen molar-refractivity contribution in [2.24, 2.45) is 0 Å². The van der Waals surface area contributed by atoms with Crippen LogP contribution in [0.15, 0.2) is 47.5 Å². The number of ether oxygens (including phenoxy) is 1. The van der Waals surface area contributed by atoms with Crippen LogP contribution in [0.4, 0.5) is 23.4 Å². The Morgan fingerprint density at radius 2 is 1.97 bits per heavy atom. The first-order valence-electron chi connectivity index (χ1n) is 9.07. The van der Waals surface area contributed by atoms with Crippen LogP contribution in [0.1, 0.15) is 35.8 Å². The smallest absolute Gasteiger partial charge is 0.416 e. The highest BCUT2D eigenvalue weighted by atomic mass is 19.4. The first-order chi connectivity index (χ1) is 14.1. The number of hydrogen-bond donors (Lipinski definition) is 2. The molecule has 1 aliphatic rings. The van der Waals surface area contributed by atoms with Crippen molar-refractivity contribution >= 4 is 17.6 Å². The van der Waals surface area contributed by atoms with E-state index in [1.54, 1.807) is 13.0 Å². The Balaban J connectivity index is 1.82. The predicted molar refractivity (Wildman–Crippen MR) is 102 cm³/mol. The number of nitrogens with zero attached hydrogens (tertiary/aromatic N) is 1. The summed E-state index contributed by atoms with van der Waals surface area (Å²) in [6.07, 6.45) is -2.29. The number of nitrogens with one attached hydrogen (secondary N) is 2. The van der Waals surface area contributed by atoms with E-state index in [1.807, 2.05) is 0 Å². The fraction of sp³-hybridized carbons (Fsp3) is 0.350. The molecular formula is C20H21F4N3O3. The van der Waals surface area contributed by atoms with Gasteiger partial charge in [0.15, 0.2) is 5.76 Å². The summed E-state index contributed by atoms with van der Waals surface area (Å²) in [5.74, 6) is -1.52. The quantitative estimate of drug-likeness (QED) is 0.507. The lowest BCUT2D eigenvalue weighted by Gasteiger charge is -2.10. The molecule has 2 amide bonds. The van der Waals surface area contributed by atoms with Gasteiger partial charge in [-0.25, -0.2) is 9.37 Å². The maximum atomic E-state index is 13.9. The number of carbonyl (C=O) groups excluding carboxylic acids is 2. The number of alkyl halides is 3. The maximum Gasteiger partial charge on any atom is 0.416 e. The van der Waals surface area contributed by atoms with Gasteiger partial charge in [-0.3, -0.25) is 9.59 Å². The van der Waals surface area contributed by atoms with Crippen molar-refractivity contribution in [2.45, 2.75) is 32.9 Å². The van der Waals surface area contributed by atoms with Gasteiger partial charge in [-0.1, -0.05) is 6.08 Å². The lowest BCUT2D eigenvalue weighted by Crippen LogP contribution is -2.25. The summed E-state index contributed by atoms with van der Waals surface area (Å²) in [5, 5.41) is 5.15. The van der Waals surface area contributed by atoms with Crippen LogP contribution in [-0.2, 0) is 9.53 Å². The van der Waals surface area contributed by atoms with Crippen molar-refractivity contribution in [3.05, 3.63) is 58.8 Å². The van der Waals surface area contributed by atoms with E-state index in [2.05, 4.69) is 15.6 Å². The van der Waals surface area contributed by atoms with Crippen molar-refractivity contribution in [3.8, 4) is 0 Å². The zero-order valence-corrected chi connectivity index (χ0v) is 16.4.